The summed E-state index contributed by atoms with van der Waals surface area (Å²) in [5.74, 6) is 0.0414. The summed E-state index contributed by atoms with van der Waals surface area (Å²) in [5.41, 5.74) is 0.942. The first-order chi connectivity index (χ1) is 14.9. The van der Waals surface area contributed by atoms with E-state index in [-0.39, 0.29) is 18.4 Å². The Morgan fingerprint density at radius 2 is 2.00 bits per heavy atom. The minimum absolute atomic E-state index is 0.244. The molecule has 1 aromatic rings. The molecule has 1 aromatic carbocycles. The van der Waals surface area contributed by atoms with Crippen LogP contribution in [0.15, 0.2) is 29.3 Å². The van der Waals surface area contributed by atoms with Crippen LogP contribution in [-0.4, -0.2) is 103 Å². The summed E-state index contributed by atoms with van der Waals surface area (Å²) in [4.78, 5) is 48.8. The third kappa shape index (κ3) is 4.31. The van der Waals surface area contributed by atoms with Gasteiger partial charge in [-0.05, 0) is 17.7 Å². The maximum absolute atomic E-state index is 12.8. The second-order valence-corrected chi connectivity index (χ2v) is 8.23. The van der Waals surface area contributed by atoms with Gasteiger partial charge in [-0.25, -0.2) is 9.79 Å². The number of hydrogen-bond donors (Lipinski definition) is 1. The highest BCUT2D eigenvalue weighted by molar-refractivity contribution is 6.30. The van der Waals surface area contributed by atoms with Gasteiger partial charge in [-0.2, -0.15) is 0 Å². The van der Waals surface area contributed by atoms with Crippen molar-refractivity contribution in [3.63, 3.8) is 0 Å². The van der Waals surface area contributed by atoms with Gasteiger partial charge in [0, 0.05) is 44.8 Å². The highest BCUT2D eigenvalue weighted by atomic mass is 35.5. The number of methoxy groups -OCH3 is 1. The molecule has 3 aliphatic rings. The van der Waals surface area contributed by atoms with Gasteiger partial charge in [0.2, 0.25) is 0 Å². The van der Waals surface area contributed by atoms with Crippen LogP contribution in [0.5, 0.6) is 0 Å². The quantitative estimate of drug-likeness (QED) is 0.656. The van der Waals surface area contributed by atoms with Crippen LogP contribution >= 0.6 is 11.6 Å². The minimum atomic E-state index is -0.621. The molecule has 3 amide bonds. The molecule has 11 heteroatoms. The van der Waals surface area contributed by atoms with Crippen LogP contribution in [-0.2, 0) is 20.9 Å². The van der Waals surface area contributed by atoms with Crippen molar-refractivity contribution in [3.8, 4) is 0 Å². The number of nitrogens with zero attached hydrogens (tertiary/aromatic N) is 5. The number of carbonyl (C=O) groups excluding carboxylic acids is 3. The smallest absolute Gasteiger partial charge is 0.325 e. The van der Waals surface area contributed by atoms with E-state index in [0.717, 1.165) is 5.56 Å². The second-order valence-electron chi connectivity index (χ2n) is 7.79. The van der Waals surface area contributed by atoms with Crippen LogP contribution < -0.4 is 5.32 Å². The van der Waals surface area contributed by atoms with Crippen LogP contribution in [0.4, 0.5) is 4.79 Å². The van der Waals surface area contributed by atoms with Gasteiger partial charge in [0.1, 0.15) is 0 Å². The molecule has 3 aliphatic heterocycles. The number of benzene rings is 1. The Labute approximate surface area is 185 Å². The molecule has 166 valence electrons. The first-order valence-electron chi connectivity index (χ1n) is 10.1. The molecule has 0 spiro atoms. The van der Waals surface area contributed by atoms with E-state index in [2.05, 4.69) is 10.2 Å². The molecular formula is C20H25ClN6O4. The maximum atomic E-state index is 12.8. The number of esters is 1. The molecule has 2 saturated heterocycles. The summed E-state index contributed by atoms with van der Waals surface area (Å²) in [6.07, 6.45) is -0.594. The van der Waals surface area contributed by atoms with E-state index in [1.54, 1.807) is 13.1 Å². The summed E-state index contributed by atoms with van der Waals surface area (Å²) in [6.45, 7) is 3.28. The number of halogens is 1. The number of piperazine rings is 1. The monoisotopic (exact) mass is 448 g/mol. The fourth-order valence-corrected chi connectivity index (χ4v) is 4.34. The Bertz CT molecular complexity index is 917. The standard InChI is InChI=1S/C20H25ClN6O4/c1-24-17-16(18(29)23-20(24)30)27(11-13-4-3-5-14(21)10-13)19(22-17)26-8-6-25(7-9-26)12-15(28)31-2/h3-5,10,16-17H,6-9,11-12H2,1-2H3,(H,23,29,30). The zero-order valence-corrected chi connectivity index (χ0v) is 18.2. The first-order valence-corrected chi connectivity index (χ1v) is 10.5. The molecular weight excluding hydrogens is 424 g/mol. The van der Waals surface area contributed by atoms with Crippen LogP contribution in [0, 0.1) is 0 Å². The van der Waals surface area contributed by atoms with Crippen molar-refractivity contribution in [3.05, 3.63) is 34.9 Å². The third-order valence-corrected chi connectivity index (χ3v) is 6.05. The number of ether oxygens (including phenoxy) is 1. The minimum Gasteiger partial charge on any atom is -0.468 e. The highest BCUT2D eigenvalue weighted by Crippen LogP contribution is 2.28. The Balaban J connectivity index is 1.57. The normalized spacial score (nSPS) is 24.1. The van der Waals surface area contributed by atoms with Crippen LogP contribution in [0.3, 0.4) is 0 Å². The summed E-state index contributed by atoms with van der Waals surface area (Å²) in [7, 11) is 3.02. The van der Waals surface area contributed by atoms with Crippen LogP contribution in [0.1, 0.15) is 5.56 Å². The zero-order valence-electron chi connectivity index (χ0n) is 17.5. The summed E-state index contributed by atoms with van der Waals surface area (Å²) >= 11 is 6.16. The van der Waals surface area contributed by atoms with Crippen molar-refractivity contribution in [2.45, 2.75) is 18.8 Å². The molecule has 3 heterocycles. The van der Waals surface area contributed by atoms with Gasteiger partial charge in [0.15, 0.2) is 18.2 Å². The number of fused-ring (bicyclic) bond motifs is 1. The van der Waals surface area contributed by atoms with E-state index in [0.29, 0.717) is 43.7 Å². The number of likely N-dealkylation sites (N-methyl/N-ethyl adjacent to an activating group) is 1. The van der Waals surface area contributed by atoms with Crippen LogP contribution in [0.2, 0.25) is 5.02 Å². The first kappa shape index (κ1) is 21.4. The van der Waals surface area contributed by atoms with Gasteiger partial charge < -0.3 is 19.4 Å². The fourth-order valence-electron chi connectivity index (χ4n) is 4.13. The van der Waals surface area contributed by atoms with E-state index in [1.165, 1.54) is 12.0 Å². The molecule has 31 heavy (non-hydrogen) atoms. The van der Waals surface area contributed by atoms with Gasteiger partial charge in [-0.3, -0.25) is 19.8 Å². The second kappa shape index (κ2) is 8.72. The average molecular weight is 449 g/mol. The number of imide groups is 1. The topological polar surface area (TPSA) is 97.8 Å². The van der Waals surface area contributed by atoms with E-state index in [4.69, 9.17) is 21.3 Å². The van der Waals surface area contributed by atoms with Crippen molar-refractivity contribution in [2.24, 2.45) is 4.99 Å². The Morgan fingerprint density at radius 1 is 1.26 bits per heavy atom. The molecule has 0 radical (unpaired) electrons. The number of carbonyl (C=O) groups is 3. The Hall–Kier alpha value is -2.85. The molecule has 4 rings (SSSR count). The third-order valence-electron chi connectivity index (χ3n) is 5.82. The predicted molar refractivity (Wildman–Crippen MR) is 113 cm³/mol. The van der Waals surface area contributed by atoms with Crippen LogP contribution in [0.25, 0.3) is 0 Å². The molecule has 10 nitrogen and oxygen atoms in total. The number of nitrogens with one attached hydrogen (secondary N) is 1. The van der Waals surface area contributed by atoms with Gasteiger partial charge in [0.25, 0.3) is 5.91 Å². The molecule has 2 fully saturated rings. The molecule has 0 aromatic heterocycles. The number of hydrogen-bond acceptors (Lipinski definition) is 8. The lowest BCUT2D eigenvalue weighted by atomic mass is 10.1. The van der Waals surface area contributed by atoms with Crippen molar-refractivity contribution in [2.75, 3.05) is 46.9 Å². The number of urea groups is 1. The van der Waals surface area contributed by atoms with Gasteiger partial charge in [-0.1, -0.05) is 23.7 Å². The molecule has 1 N–H and O–H groups in total. The van der Waals surface area contributed by atoms with Crippen molar-refractivity contribution < 1.29 is 19.1 Å². The molecule has 0 saturated carbocycles. The largest absolute Gasteiger partial charge is 0.468 e. The van der Waals surface area contributed by atoms with E-state index in [9.17, 15) is 14.4 Å². The number of aliphatic imine (C=N–C) groups is 1. The van der Waals surface area contributed by atoms with Crippen molar-refractivity contribution in [1.82, 2.24) is 24.9 Å². The lowest BCUT2D eigenvalue weighted by Crippen LogP contribution is -2.64. The number of amides is 3. The molecule has 0 aliphatic carbocycles. The van der Waals surface area contributed by atoms with E-state index in [1.807, 2.05) is 28.0 Å². The lowest BCUT2D eigenvalue weighted by molar-refractivity contribution is -0.142. The SMILES string of the molecule is COC(=O)CN1CCN(C2=NC3C(C(=O)NC(=O)N3C)N2Cc2cccc(Cl)c2)CC1. The van der Waals surface area contributed by atoms with Gasteiger partial charge >= 0.3 is 12.0 Å². The van der Waals surface area contributed by atoms with Gasteiger partial charge in [-0.15, -0.1) is 0 Å². The maximum Gasteiger partial charge on any atom is 0.325 e. The fraction of sp³-hybridized carbons (Fsp3) is 0.500. The molecule has 2 atom stereocenters. The summed E-state index contributed by atoms with van der Waals surface area (Å²) in [6, 6.07) is 6.39. The Kier molecular flexibility index (Phi) is 6.01. The van der Waals surface area contributed by atoms with Gasteiger partial charge in [0.05, 0.1) is 13.7 Å². The zero-order chi connectivity index (χ0) is 22.1. The van der Waals surface area contributed by atoms with E-state index < -0.39 is 18.2 Å². The van der Waals surface area contributed by atoms with E-state index >= 15 is 0 Å². The summed E-state index contributed by atoms with van der Waals surface area (Å²) < 4.78 is 4.75. The predicted octanol–water partition coefficient (Wildman–Crippen LogP) is 0.179. The molecule has 0 bridgehead atoms. The summed E-state index contributed by atoms with van der Waals surface area (Å²) in [5, 5.41) is 3.03. The average Bonchev–Trinajstić information content (AvgIpc) is 3.12. The van der Waals surface area contributed by atoms with Crippen molar-refractivity contribution >= 4 is 35.5 Å². The highest BCUT2D eigenvalue weighted by Gasteiger charge is 2.49. The number of rotatable bonds is 4. The van der Waals surface area contributed by atoms with Crippen molar-refractivity contribution in [1.29, 1.82) is 0 Å². The lowest BCUT2D eigenvalue weighted by Gasteiger charge is -2.40. The molecule has 2 unspecified atom stereocenters. The number of guanidine groups is 1. The Morgan fingerprint density at radius 3 is 2.68 bits per heavy atom.